The number of ether oxygens (including phenoxy) is 2. The van der Waals surface area contributed by atoms with Gasteiger partial charge in [0.2, 0.25) is 0 Å². The number of nitrogens with zero attached hydrogens (tertiary/aromatic N) is 3. The maximum Gasteiger partial charge on any atom is 0.339 e. The average molecular weight is 709 g/mol. The third kappa shape index (κ3) is 6.38. The number of rotatable bonds is 7. The first-order valence-electron chi connectivity index (χ1n) is 15.9. The van der Waals surface area contributed by atoms with Crippen LogP contribution in [0.1, 0.15) is 39.4 Å². The molecule has 7 rings (SSSR count). The van der Waals surface area contributed by atoms with E-state index in [2.05, 4.69) is 75.5 Å². The molecule has 2 aromatic carbocycles. The van der Waals surface area contributed by atoms with Crippen LogP contribution in [0.15, 0.2) is 114 Å². The van der Waals surface area contributed by atoms with Crippen LogP contribution in [-0.4, -0.2) is 65.3 Å². The van der Waals surface area contributed by atoms with Gasteiger partial charge < -0.3 is 14.0 Å². The van der Waals surface area contributed by atoms with Crippen LogP contribution in [0.5, 0.6) is 0 Å². The summed E-state index contributed by atoms with van der Waals surface area (Å²) < 4.78 is 15.0. The van der Waals surface area contributed by atoms with Gasteiger partial charge in [-0.3, -0.25) is 19.5 Å². The molecule has 0 saturated carbocycles. The smallest absolute Gasteiger partial charge is 0.339 e. The van der Waals surface area contributed by atoms with Gasteiger partial charge in [-0.05, 0) is 82.9 Å². The number of aromatic nitrogens is 2. The van der Waals surface area contributed by atoms with E-state index in [1.807, 2.05) is 37.4 Å². The van der Waals surface area contributed by atoms with Crippen molar-refractivity contribution in [3.05, 3.63) is 136 Å². The molecule has 1 saturated heterocycles. The summed E-state index contributed by atoms with van der Waals surface area (Å²) in [5, 5.41) is 1.31. The Bertz CT molecular complexity index is 1950. The molecule has 0 N–H and O–H groups in total. The van der Waals surface area contributed by atoms with E-state index in [0.29, 0.717) is 17.7 Å². The van der Waals surface area contributed by atoms with Crippen LogP contribution in [0, 0.1) is 5.92 Å². The molecule has 0 amide bonds. The molecular formula is C39H38BrN3O5. The fourth-order valence-electron chi connectivity index (χ4n) is 7.50. The number of halogens is 1. The summed E-state index contributed by atoms with van der Waals surface area (Å²) in [6.07, 6.45) is 12.9. The highest BCUT2D eigenvalue weighted by molar-refractivity contribution is 9.10. The van der Waals surface area contributed by atoms with E-state index in [1.54, 1.807) is 18.3 Å². The fourth-order valence-corrected chi connectivity index (χ4v) is 7.86. The summed E-state index contributed by atoms with van der Waals surface area (Å²) in [7, 11) is 6.07. The number of hydrogen-bond acceptors (Lipinski definition) is 7. The molecule has 9 heteroatoms. The Morgan fingerprint density at radius 2 is 1.92 bits per heavy atom. The minimum absolute atomic E-state index is 0.127. The van der Waals surface area contributed by atoms with Gasteiger partial charge in [0.25, 0.3) is 0 Å². The van der Waals surface area contributed by atoms with Gasteiger partial charge >= 0.3 is 5.97 Å². The SMILES string of the molecule is C=CC(C1=CC(=O)C=CC1=O)c1ccccc1.COC12CC(COC(=O)c3cncc(Br)c3)CN(C)C1Cc1cn(C)c3cccc2c13. The Labute approximate surface area is 288 Å². The molecule has 246 valence electrons. The first kappa shape index (κ1) is 33.5. The molecule has 0 spiro atoms. The Hall–Kier alpha value is -4.44. The minimum atomic E-state index is -0.421. The number of likely N-dealkylation sites (tertiary alicyclic amines) is 1. The normalized spacial score (nSPS) is 22.3. The van der Waals surface area contributed by atoms with E-state index in [0.717, 1.165) is 29.4 Å². The number of piperidine rings is 1. The standard InChI is InChI=1S/C24H26BrN3O3.C15H12O2/c1-27-13-17-8-21-24(30-3,19-5-4-6-20(27)22(17)19)9-15(12-28(21)2)14-31-23(29)16-7-18(25)11-26-10-16;1-2-13(11-6-4-3-5-7-11)14-10-12(16)8-9-15(14)17/h4-7,10-11,13,15,21H,8-9,12,14H2,1-3H3;2-10,13H,1H2. The third-order valence-electron chi connectivity index (χ3n) is 9.64. The van der Waals surface area contributed by atoms with Gasteiger partial charge in [-0.25, -0.2) is 4.79 Å². The quantitative estimate of drug-likeness (QED) is 0.123. The first-order valence-corrected chi connectivity index (χ1v) is 16.7. The molecule has 2 aromatic heterocycles. The number of hydrogen-bond donors (Lipinski definition) is 0. The van der Waals surface area contributed by atoms with Crippen LogP contribution in [0.3, 0.4) is 0 Å². The highest BCUT2D eigenvalue weighted by Gasteiger charge is 2.52. The molecule has 4 unspecified atom stereocenters. The van der Waals surface area contributed by atoms with Crippen molar-refractivity contribution in [2.24, 2.45) is 13.0 Å². The lowest BCUT2D eigenvalue weighted by Gasteiger charge is -2.53. The second kappa shape index (κ2) is 14.0. The number of carbonyl (C=O) groups excluding carboxylic acids is 3. The molecule has 1 aliphatic heterocycles. The van der Waals surface area contributed by atoms with Crippen molar-refractivity contribution >= 4 is 44.4 Å². The number of pyridine rings is 1. The topological polar surface area (TPSA) is 90.7 Å². The largest absolute Gasteiger partial charge is 0.462 e. The number of benzene rings is 2. The molecule has 4 atom stereocenters. The van der Waals surface area contributed by atoms with Crippen molar-refractivity contribution in [1.82, 2.24) is 14.5 Å². The molecule has 3 aliphatic rings. The summed E-state index contributed by atoms with van der Waals surface area (Å²) in [5.74, 6) is -0.676. The van der Waals surface area contributed by atoms with Crippen LogP contribution in [-0.2, 0) is 38.1 Å². The van der Waals surface area contributed by atoms with Gasteiger partial charge in [0.15, 0.2) is 11.6 Å². The molecule has 4 aromatic rings. The molecule has 0 radical (unpaired) electrons. The number of allylic oxidation sites excluding steroid dienone is 5. The highest BCUT2D eigenvalue weighted by atomic mass is 79.9. The lowest BCUT2D eigenvalue weighted by molar-refractivity contribution is -0.131. The van der Waals surface area contributed by atoms with Crippen LogP contribution < -0.4 is 0 Å². The third-order valence-corrected chi connectivity index (χ3v) is 10.1. The van der Waals surface area contributed by atoms with Crippen molar-refractivity contribution in [2.75, 3.05) is 27.3 Å². The lowest BCUT2D eigenvalue weighted by atomic mass is 9.69. The van der Waals surface area contributed by atoms with Gasteiger partial charge in [0, 0.05) is 78.1 Å². The number of aryl methyl sites for hydroxylation is 1. The monoisotopic (exact) mass is 707 g/mol. The van der Waals surface area contributed by atoms with Gasteiger partial charge in [0.05, 0.1) is 12.2 Å². The predicted octanol–water partition coefficient (Wildman–Crippen LogP) is 6.50. The zero-order valence-electron chi connectivity index (χ0n) is 27.3. The van der Waals surface area contributed by atoms with Gasteiger partial charge in [-0.1, -0.05) is 48.5 Å². The molecule has 8 nitrogen and oxygen atoms in total. The molecule has 2 aliphatic carbocycles. The van der Waals surface area contributed by atoms with Crippen LogP contribution in [0.25, 0.3) is 10.9 Å². The van der Waals surface area contributed by atoms with E-state index >= 15 is 0 Å². The van der Waals surface area contributed by atoms with E-state index in [-0.39, 0.29) is 35.4 Å². The Kier molecular flexibility index (Phi) is 9.73. The second-order valence-corrected chi connectivity index (χ2v) is 13.5. The number of esters is 1. The van der Waals surface area contributed by atoms with Crippen molar-refractivity contribution in [3.8, 4) is 0 Å². The fraction of sp³-hybridized carbons (Fsp3) is 0.282. The Morgan fingerprint density at radius 3 is 2.65 bits per heavy atom. The molecule has 3 heterocycles. The van der Waals surface area contributed by atoms with Crippen LogP contribution in [0.4, 0.5) is 0 Å². The summed E-state index contributed by atoms with van der Waals surface area (Å²) >= 11 is 3.35. The van der Waals surface area contributed by atoms with Gasteiger partial charge in [-0.15, -0.1) is 6.58 Å². The first-order chi connectivity index (χ1) is 23.1. The predicted molar refractivity (Wildman–Crippen MR) is 189 cm³/mol. The lowest BCUT2D eigenvalue weighted by Crippen LogP contribution is -2.59. The van der Waals surface area contributed by atoms with E-state index in [1.165, 1.54) is 46.5 Å². The van der Waals surface area contributed by atoms with Gasteiger partial charge in [0.1, 0.15) is 5.60 Å². The van der Waals surface area contributed by atoms with E-state index in [9.17, 15) is 14.4 Å². The number of ketones is 2. The summed E-state index contributed by atoms with van der Waals surface area (Å²) in [5.41, 5.74) is 5.34. The van der Waals surface area contributed by atoms with Crippen molar-refractivity contribution in [2.45, 2.75) is 30.4 Å². The maximum absolute atomic E-state index is 12.5. The van der Waals surface area contributed by atoms with Crippen molar-refractivity contribution in [1.29, 1.82) is 0 Å². The summed E-state index contributed by atoms with van der Waals surface area (Å²) in [4.78, 5) is 42.1. The van der Waals surface area contributed by atoms with Crippen molar-refractivity contribution in [3.63, 3.8) is 0 Å². The van der Waals surface area contributed by atoms with E-state index < -0.39 is 5.60 Å². The second-order valence-electron chi connectivity index (χ2n) is 12.6. The maximum atomic E-state index is 12.5. The summed E-state index contributed by atoms with van der Waals surface area (Å²) in [6, 6.07) is 18.0. The van der Waals surface area contributed by atoms with Crippen LogP contribution in [0.2, 0.25) is 0 Å². The highest BCUT2D eigenvalue weighted by Crippen LogP contribution is 2.49. The Morgan fingerprint density at radius 1 is 1.12 bits per heavy atom. The zero-order chi connectivity index (χ0) is 34.0. The van der Waals surface area contributed by atoms with E-state index in [4.69, 9.17) is 9.47 Å². The van der Waals surface area contributed by atoms with Gasteiger partial charge in [-0.2, -0.15) is 0 Å². The number of likely N-dealkylation sites (N-methyl/N-ethyl adjacent to an activating group) is 1. The number of carbonyl (C=O) groups is 3. The molecule has 48 heavy (non-hydrogen) atoms. The molecule has 1 fully saturated rings. The minimum Gasteiger partial charge on any atom is -0.462 e. The number of fused-ring (bicyclic) bond motifs is 2. The Balaban J connectivity index is 0.000000200. The van der Waals surface area contributed by atoms with Crippen LogP contribution >= 0.6 is 15.9 Å². The van der Waals surface area contributed by atoms with Crippen molar-refractivity contribution < 1.29 is 23.9 Å². The zero-order valence-corrected chi connectivity index (χ0v) is 28.9. The number of methoxy groups -OCH3 is 1. The summed E-state index contributed by atoms with van der Waals surface area (Å²) in [6.45, 7) is 4.96. The molecule has 0 bridgehead atoms. The average Bonchev–Trinajstić information content (AvgIpc) is 3.42. The molecular weight excluding hydrogens is 670 g/mol.